The number of amides is 2. The Kier molecular flexibility index (Phi) is 6.37. The maximum atomic E-state index is 12.7. The highest BCUT2D eigenvalue weighted by atomic mass is 32.2. The minimum Gasteiger partial charge on any atom is -0.354 e. The summed E-state index contributed by atoms with van der Waals surface area (Å²) in [6.07, 6.45) is 6.00. The predicted octanol–water partition coefficient (Wildman–Crippen LogP) is 3.36. The highest BCUT2D eigenvalue weighted by Crippen LogP contribution is 2.34. The Morgan fingerprint density at radius 3 is 2.67 bits per heavy atom. The monoisotopic (exact) mass is 406 g/mol. The van der Waals surface area contributed by atoms with Crippen molar-refractivity contribution in [3.63, 3.8) is 0 Å². The summed E-state index contributed by atoms with van der Waals surface area (Å²) >= 11 is 3.06. The number of aromatic nitrogens is 2. The molecule has 1 aliphatic carbocycles. The summed E-state index contributed by atoms with van der Waals surface area (Å²) in [5.41, 5.74) is 0.409. The normalized spacial score (nSPS) is 16.3. The summed E-state index contributed by atoms with van der Waals surface area (Å²) in [4.78, 5) is 36.2. The van der Waals surface area contributed by atoms with E-state index in [4.69, 9.17) is 0 Å². The standard InChI is InChI=1S/C19H26N4O2S2/c1-4-20-18(25)19(8-6-5-7-9-19)23-14(24)10-26-16-15-12(2)13(3)27-17(15)22-11-21-16/h11H,4-10H2,1-3H3,(H,20,25)(H,23,24). The van der Waals surface area contributed by atoms with Gasteiger partial charge in [-0.2, -0.15) is 0 Å². The molecule has 2 aromatic heterocycles. The lowest BCUT2D eigenvalue weighted by Crippen LogP contribution is -2.60. The predicted molar refractivity (Wildman–Crippen MR) is 110 cm³/mol. The zero-order valence-corrected chi connectivity index (χ0v) is 17.7. The zero-order chi connectivity index (χ0) is 19.4. The minimum atomic E-state index is -0.762. The second kappa shape index (κ2) is 8.56. The van der Waals surface area contributed by atoms with E-state index in [0.29, 0.717) is 19.4 Å². The van der Waals surface area contributed by atoms with Crippen molar-refractivity contribution in [3.8, 4) is 0 Å². The highest BCUT2D eigenvalue weighted by Gasteiger charge is 2.40. The van der Waals surface area contributed by atoms with E-state index in [9.17, 15) is 9.59 Å². The van der Waals surface area contributed by atoms with Crippen molar-refractivity contribution in [3.05, 3.63) is 16.8 Å². The van der Waals surface area contributed by atoms with Gasteiger partial charge in [0.25, 0.3) is 0 Å². The fourth-order valence-electron chi connectivity index (χ4n) is 3.59. The minimum absolute atomic E-state index is 0.0585. The van der Waals surface area contributed by atoms with E-state index in [1.165, 1.54) is 22.2 Å². The number of thioether (sulfide) groups is 1. The third kappa shape index (κ3) is 4.27. The number of carbonyl (C=O) groups excluding carboxylic acids is 2. The average molecular weight is 407 g/mol. The maximum Gasteiger partial charge on any atom is 0.245 e. The van der Waals surface area contributed by atoms with Gasteiger partial charge >= 0.3 is 0 Å². The van der Waals surface area contributed by atoms with Gasteiger partial charge in [-0.1, -0.05) is 31.0 Å². The number of nitrogens with one attached hydrogen (secondary N) is 2. The molecule has 3 rings (SSSR count). The zero-order valence-electron chi connectivity index (χ0n) is 16.1. The highest BCUT2D eigenvalue weighted by molar-refractivity contribution is 8.00. The van der Waals surface area contributed by atoms with E-state index >= 15 is 0 Å². The van der Waals surface area contributed by atoms with Gasteiger partial charge in [0, 0.05) is 16.8 Å². The maximum absolute atomic E-state index is 12.7. The van der Waals surface area contributed by atoms with Crippen LogP contribution in [0.25, 0.3) is 10.2 Å². The van der Waals surface area contributed by atoms with Crippen LogP contribution >= 0.6 is 23.1 Å². The molecule has 0 aromatic carbocycles. The largest absolute Gasteiger partial charge is 0.354 e. The molecule has 2 heterocycles. The molecular weight excluding hydrogens is 380 g/mol. The van der Waals surface area contributed by atoms with Crippen LogP contribution in [-0.4, -0.2) is 39.6 Å². The van der Waals surface area contributed by atoms with Crippen molar-refractivity contribution in [2.45, 2.75) is 63.4 Å². The number of likely N-dealkylation sites (N-methyl/N-ethyl adjacent to an activating group) is 1. The number of nitrogens with zero attached hydrogens (tertiary/aromatic N) is 2. The molecule has 0 bridgehead atoms. The first-order valence-electron chi connectivity index (χ1n) is 9.39. The van der Waals surface area contributed by atoms with Gasteiger partial charge in [0.05, 0.1) is 5.75 Å². The van der Waals surface area contributed by atoms with E-state index in [2.05, 4.69) is 34.4 Å². The second-order valence-electron chi connectivity index (χ2n) is 6.98. The van der Waals surface area contributed by atoms with E-state index in [1.807, 2.05) is 6.92 Å². The molecule has 0 atom stereocenters. The SMILES string of the molecule is CCNC(=O)C1(NC(=O)CSc2ncnc3sc(C)c(C)c23)CCCCC1. The summed E-state index contributed by atoms with van der Waals surface area (Å²) in [6, 6.07) is 0. The van der Waals surface area contributed by atoms with Crippen LogP contribution in [0.5, 0.6) is 0 Å². The lowest BCUT2D eigenvalue weighted by atomic mass is 9.80. The van der Waals surface area contributed by atoms with Crippen LogP contribution in [0.4, 0.5) is 0 Å². The summed E-state index contributed by atoms with van der Waals surface area (Å²) in [7, 11) is 0. The van der Waals surface area contributed by atoms with Gasteiger partial charge < -0.3 is 10.6 Å². The Bertz CT molecular complexity index is 844. The van der Waals surface area contributed by atoms with Crippen molar-refractivity contribution in [1.82, 2.24) is 20.6 Å². The molecule has 1 fully saturated rings. The van der Waals surface area contributed by atoms with Gasteiger partial charge in [-0.25, -0.2) is 9.97 Å². The van der Waals surface area contributed by atoms with Crippen molar-refractivity contribution in [2.24, 2.45) is 0 Å². The van der Waals surface area contributed by atoms with Crippen molar-refractivity contribution < 1.29 is 9.59 Å². The molecule has 27 heavy (non-hydrogen) atoms. The van der Waals surface area contributed by atoms with Crippen LogP contribution in [0, 0.1) is 13.8 Å². The van der Waals surface area contributed by atoms with E-state index in [0.717, 1.165) is 34.5 Å². The molecule has 8 heteroatoms. The molecule has 146 valence electrons. The molecule has 2 N–H and O–H groups in total. The number of hydrogen-bond donors (Lipinski definition) is 2. The van der Waals surface area contributed by atoms with Crippen LogP contribution in [0.15, 0.2) is 11.4 Å². The quantitative estimate of drug-likeness (QED) is 0.568. The number of thiophene rings is 1. The van der Waals surface area contributed by atoms with Gasteiger partial charge in [0.2, 0.25) is 11.8 Å². The number of aryl methyl sites for hydroxylation is 2. The Balaban J connectivity index is 1.71. The summed E-state index contributed by atoms with van der Waals surface area (Å²) < 4.78 is 0. The summed E-state index contributed by atoms with van der Waals surface area (Å²) in [5, 5.41) is 7.80. The van der Waals surface area contributed by atoms with Crippen LogP contribution in [0.1, 0.15) is 49.5 Å². The molecule has 0 spiro atoms. The molecule has 2 amide bonds. The fraction of sp³-hybridized carbons (Fsp3) is 0.579. The van der Waals surface area contributed by atoms with E-state index in [1.54, 1.807) is 17.7 Å². The average Bonchev–Trinajstić information content (AvgIpc) is 2.95. The van der Waals surface area contributed by atoms with Crippen LogP contribution in [0.2, 0.25) is 0 Å². The smallest absolute Gasteiger partial charge is 0.245 e. The number of rotatable bonds is 6. The molecule has 2 aromatic rings. The van der Waals surface area contributed by atoms with Crippen LogP contribution in [-0.2, 0) is 9.59 Å². The first-order valence-corrected chi connectivity index (χ1v) is 11.2. The lowest BCUT2D eigenvalue weighted by Gasteiger charge is -2.36. The molecule has 1 aliphatic rings. The number of fused-ring (bicyclic) bond motifs is 1. The fourth-order valence-corrected chi connectivity index (χ4v) is 5.51. The third-order valence-corrected chi connectivity index (χ3v) is 7.23. The van der Waals surface area contributed by atoms with Gasteiger partial charge in [-0.3, -0.25) is 9.59 Å². The van der Waals surface area contributed by atoms with Crippen LogP contribution in [0.3, 0.4) is 0 Å². The topological polar surface area (TPSA) is 84.0 Å². The van der Waals surface area contributed by atoms with Gasteiger partial charge in [-0.15, -0.1) is 11.3 Å². The molecule has 1 saturated carbocycles. The van der Waals surface area contributed by atoms with Crippen molar-refractivity contribution >= 4 is 45.1 Å². The Labute approximate surface area is 167 Å². The Hall–Kier alpha value is -1.67. The summed E-state index contributed by atoms with van der Waals surface area (Å²) in [6.45, 7) is 6.61. The third-order valence-electron chi connectivity index (χ3n) is 5.13. The van der Waals surface area contributed by atoms with E-state index < -0.39 is 5.54 Å². The van der Waals surface area contributed by atoms with Gasteiger partial charge in [0.1, 0.15) is 21.7 Å². The first-order chi connectivity index (χ1) is 13.0. The van der Waals surface area contributed by atoms with Crippen molar-refractivity contribution in [2.75, 3.05) is 12.3 Å². The molecular formula is C19H26N4O2S2. The molecule has 6 nitrogen and oxygen atoms in total. The Morgan fingerprint density at radius 2 is 1.96 bits per heavy atom. The second-order valence-corrected chi connectivity index (χ2v) is 9.15. The Morgan fingerprint density at radius 1 is 1.22 bits per heavy atom. The molecule has 0 radical (unpaired) electrons. The lowest BCUT2D eigenvalue weighted by molar-refractivity contribution is -0.134. The van der Waals surface area contributed by atoms with Crippen LogP contribution < -0.4 is 10.6 Å². The first kappa shape index (κ1) is 20.1. The van der Waals surface area contributed by atoms with Crippen molar-refractivity contribution in [1.29, 1.82) is 0 Å². The molecule has 0 unspecified atom stereocenters. The molecule has 0 aliphatic heterocycles. The summed E-state index contributed by atoms with van der Waals surface area (Å²) in [5.74, 6) is 0.0583. The van der Waals surface area contributed by atoms with Gasteiger partial charge in [-0.05, 0) is 39.2 Å². The van der Waals surface area contributed by atoms with Gasteiger partial charge in [0.15, 0.2) is 0 Å². The molecule has 0 saturated heterocycles. The number of hydrogen-bond acceptors (Lipinski definition) is 6. The number of carbonyl (C=O) groups is 2. The van der Waals surface area contributed by atoms with E-state index in [-0.39, 0.29) is 17.6 Å².